The molecule has 0 aliphatic heterocycles. The minimum atomic E-state index is -2.15. The number of alkyl halides is 3. The molecule has 0 saturated heterocycles. The van der Waals surface area contributed by atoms with Crippen molar-refractivity contribution >= 4 is 15.9 Å². The van der Waals surface area contributed by atoms with Crippen LogP contribution in [0.5, 0.6) is 0 Å². The van der Waals surface area contributed by atoms with Gasteiger partial charge < -0.3 is 0 Å². The van der Waals surface area contributed by atoms with E-state index in [1.807, 2.05) is 0 Å². The van der Waals surface area contributed by atoms with Crippen molar-refractivity contribution in [2.75, 3.05) is 5.33 Å². The number of rotatable bonds is 3. The minimum absolute atomic E-state index is 0.00521. The Kier molecular flexibility index (Phi) is 4.42. The average Bonchev–Trinajstić information content (AvgIpc) is 1.65. The highest BCUT2D eigenvalue weighted by molar-refractivity contribution is 9.09. The Balaban J connectivity index is 3.10. The highest BCUT2D eigenvalue weighted by Crippen LogP contribution is 2.11. The van der Waals surface area contributed by atoms with Gasteiger partial charge in [0.2, 0.25) is 6.43 Å². The van der Waals surface area contributed by atoms with E-state index >= 15 is 0 Å². The van der Waals surface area contributed by atoms with Gasteiger partial charge in [-0.15, -0.1) is 0 Å². The zero-order valence-electron chi connectivity index (χ0n) is 4.70. The van der Waals surface area contributed by atoms with Crippen LogP contribution in [0.1, 0.15) is 13.3 Å². The molecule has 0 nitrogen and oxygen atoms in total. The molecule has 0 rings (SSSR count). The lowest BCUT2D eigenvalue weighted by molar-refractivity contribution is 0.122. The molecule has 0 aromatic heterocycles. The van der Waals surface area contributed by atoms with Gasteiger partial charge in [-0.1, -0.05) is 22.9 Å². The number of halogens is 3. The van der Waals surface area contributed by atoms with Gasteiger partial charge in [0.1, 0.15) is 0 Å². The Labute approximate surface area is 56.4 Å². The fourth-order valence-corrected chi connectivity index (χ4v) is 0.631. The largest absolute Gasteiger partial charge is 0.238 e. The molecule has 0 aliphatic carbocycles. The monoisotopic (exact) mass is 186 g/mol. The summed E-state index contributed by atoms with van der Waals surface area (Å²) in [6.07, 6.45) is -2.15. The first kappa shape index (κ1) is 8.34. The molecule has 1 unspecified atom stereocenters. The van der Waals surface area contributed by atoms with Crippen molar-refractivity contribution in [3.8, 4) is 0 Å². The van der Waals surface area contributed by atoms with Crippen molar-refractivity contribution in [3.05, 3.63) is 0 Å². The topological polar surface area (TPSA) is 0 Å². The summed E-state index contributed by atoms with van der Waals surface area (Å²) in [7, 11) is 0. The molecule has 0 bridgehead atoms. The van der Waals surface area contributed by atoms with E-state index in [2.05, 4.69) is 15.9 Å². The van der Waals surface area contributed by atoms with E-state index in [4.69, 9.17) is 0 Å². The van der Waals surface area contributed by atoms with E-state index in [1.54, 1.807) is 6.92 Å². The van der Waals surface area contributed by atoms with Crippen molar-refractivity contribution in [1.82, 2.24) is 0 Å². The maximum atomic E-state index is 11.5. The molecule has 0 spiro atoms. The van der Waals surface area contributed by atoms with Gasteiger partial charge in [0.15, 0.2) is 0 Å². The van der Waals surface area contributed by atoms with Gasteiger partial charge in [0.25, 0.3) is 0 Å². The highest BCUT2D eigenvalue weighted by atomic mass is 79.9. The van der Waals surface area contributed by atoms with Crippen LogP contribution < -0.4 is 0 Å². The molecule has 0 fully saturated rings. The second-order valence-electron chi connectivity index (χ2n) is 1.89. The Morgan fingerprint density at radius 1 is 1.50 bits per heavy atom. The molecule has 0 N–H and O–H groups in total. The first-order valence-electron chi connectivity index (χ1n) is 2.51. The van der Waals surface area contributed by atoms with Crippen LogP contribution in [0.3, 0.4) is 0 Å². The molecule has 0 aromatic rings. The predicted molar refractivity (Wildman–Crippen MR) is 33.6 cm³/mol. The van der Waals surface area contributed by atoms with E-state index in [1.165, 1.54) is 0 Å². The van der Waals surface area contributed by atoms with Gasteiger partial charge in [0, 0.05) is 11.8 Å². The molecule has 50 valence electrons. The number of hydrogen-bond acceptors (Lipinski definition) is 0. The molecular formula is C5H9BrF2. The SMILES string of the molecule is CC(CBr)CC(F)F. The third-order valence-corrected chi connectivity index (χ3v) is 1.95. The summed E-state index contributed by atoms with van der Waals surface area (Å²) in [5.41, 5.74) is 0. The summed E-state index contributed by atoms with van der Waals surface area (Å²) < 4.78 is 22.9. The summed E-state index contributed by atoms with van der Waals surface area (Å²) in [5, 5.41) is 0.664. The van der Waals surface area contributed by atoms with Crippen molar-refractivity contribution < 1.29 is 8.78 Å². The van der Waals surface area contributed by atoms with Gasteiger partial charge in [-0.05, 0) is 5.92 Å². The van der Waals surface area contributed by atoms with Crippen molar-refractivity contribution in [2.24, 2.45) is 5.92 Å². The van der Waals surface area contributed by atoms with E-state index in [-0.39, 0.29) is 12.3 Å². The molecule has 0 saturated carbocycles. The lowest BCUT2D eigenvalue weighted by atomic mass is 10.1. The third kappa shape index (κ3) is 4.50. The first-order valence-corrected chi connectivity index (χ1v) is 3.63. The van der Waals surface area contributed by atoms with Crippen molar-refractivity contribution in [1.29, 1.82) is 0 Å². The molecular weight excluding hydrogens is 178 g/mol. The summed E-state index contributed by atoms with van der Waals surface area (Å²) >= 11 is 3.11. The summed E-state index contributed by atoms with van der Waals surface area (Å²) in [4.78, 5) is 0. The molecule has 0 aliphatic rings. The van der Waals surface area contributed by atoms with Gasteiger partial charge in [-0.2, -0.15) is 0 Å². The van der Waals surface area contributed by atoms with Crippen LogP contribution in [-0.2, 0) is 0 Å². The first-order chi connectivity index (χ1) is 3.66. The van der Waals surface area contributed by atoms with E-state index < -0.39 is 6.43 Å². The molecule has 0 aromatic carbocycles. The standard InChI is InChI=1S/C5H9BrF2/c1-4(3-6)2-5(7)8/h4-5H,2-3H2,1H3. The maximum Gasteiger partial charge on any atom is 0.238 e. The molecule has 0 amide bonds. The maximum absolute atomic E-state index is 11.5. The van der Waals surface area contributed by atoms with E-state index in [9.17, 15) is 8.78 Å². The third-order valence-electron chi connectivity index (χ3n) is 0.844. The van der Waals surface area contributed by atoms with E-state index in [0.29, 0.717) is 5.33 Å². The normalized spacial score (nSPS) is 14.6. The second kappa shape index (κ2) is 4.24. The number of hydrogen-bond donors (Lipinski definition) is 0. The molecule has 8 heavy (non-hydrogen) atoms. The van der Waals surface area contributed by atoms with Crippen LogP contribution in [0.2, 0.25) is 0 Å². The Morgan fingerprint density at radius 2 is 2.00 bits per heavy atom. The highest BCUT2D eigenvalue weighted by Gasteiger charge is 2.07. The zero-order valence-corrected chi connectivity index (χ0v) is 6.29. The van der Waals surface area contributed by atoms with Crippen LogP contribution in [0.15, 0.2) is 0 Å². The fourth-order valence-electron chi connectivity index (χ4n) is 0.367. The van der Waals surface area contributed by atoms with Gasteiger partial charge in [-0.25, -0.2) is 8.78 Å². The lowest BCUT2D eigenvalue weighted by Gasteiger charge is -2.03. The Hall–Kier alpha value is 0.340. The Bertz CT molecular complexity index is 56.4. The van der Waals surface area contributed by atoms with Crippen LogP contribution in [-0.4, -0.2) is 11.8 Å². The van der Waals surface area contributed by atoms with Crippen molar-refractivity contribution in [2.45, 2.75) is 19.8 Å². The van der Waals surface area contributed by atoms with Crippen LogP contribution in [0.25, 0.3) is 0 Å². The van der Waals surface area contributed by atoms with Crippen molar-refractivity contribution in [3.63, 3.8) is 0 Å². The second-order valence-corrected chi connectivity index (χ2v) is 2.53. The predicted octanol–water partition coefficient (Wildman–Crippen LogP) is 2.67. The fraction of sp³-hybridized carbons (Fsp3) is 1.00. The molecule has 1 atom stereocenters. The van der Waals surface area contributed by atoms with Crippen LogP contribution >= 0.6 is 15.9 Å². The Morgan fingerprint density at radius 3 is 2.12 bits per heavy atom. The molecule has 0 radical (unpaired) electrons. The van der Waals surface area contributed by atoms with E-state index in [0.717, 1.165) is 0 Å². The quantitative estimate of drug-likeness (QED) is 0.595. The summed E-state index contributed by atoms with van der Waals surface area (Å²) in [6, 6.07) is 0. The summed E-state index contributed by atoms with van der Waals surface area (Å²) in [5.74, 6) is 0.0926. The van der Waals surface area contributed by atoms with Crippen LogP contribution in [0, 0.1) is 5.92 Å². The van der Waals surface area contributed by atoms with Gasteiger partial charge >= 0.3 is 0 Å². The molecule has 0 heterocycles. The zero-order chi connectivity index (χ0) is 6.57. The minimum Gasteiger partial charge on any atom is -0.211 e. The summed E-state index contributed by atoms with van der Waals surface area (Å²) in [6.45, 7) is 1.79. The van der Waals surface area contributed by atoms with Crippen LogP contribution in [0.4, 0.5) is 8.78 Å². The van der Waals surface area contributed by atoms with Gasteiger partial charge in [-0.3, -0.25) is 0 Å². The lowest BCUT2D eigenvalue weighted by Crippen LogP contribution is -2.01. The molecule has 3 heteroatoms. The average molecular weight is 187 g/mol. The van der Waals surface area contributed by atoms with Gasteiger partial charge in [0.05, 0.1) is 0 Å². The smallest absolute Gasteiger partial charge is 0.211 e.